The van der Waals surface area contributed by atoms with Crippen LogP contribution in [-0.4, -0.2) is 25.0 Å². The van der Waals surface area contributed by atoms with E-state index in [1.807, 2.05) is 0 Å². The lowest BCUT2D eigenvalue weighted by Gasteiger charge is -2.12. The van der Waals surface area contributed by atoms with Crippen molar-refractivity contribution in [2.24, 2.45) is 5.92 Å². The second kappa shape index (κ2) is 4.25. The summed E-state index contributed by atoms with van der Waals surface area (Å²) in [7, 11) is 0. The van der Waals surface area contributed by atoms with Crippen LogP contribution in [0.2, 0.25) is 0 Å². The van der Waals surface area contributed by atoms with Crippen molar-refractivity contribution >= 4 is 17.2 Å². The largest absolute Gasteiger partial charge is 0.348 e. The van der Waals surface area contributed by atoms with Crippen LogP contribution in [-0.2, 0) is 6.42 Å². The van der Waals surface area contributed by atoms with Crippen LogP contribution < -0.4 is 5.69 Å². The molecule has 0 bridgehead atoms. The molecule has 16 heavy (non-hydrogen) atoms. The van der Waals surface area contributed by atoms with Crippen LogP contribution in [0.3, 0.4) is 0 Å². The molecule has 0 saturated carbocycles. The van der Waals surface area contributed by atoms with Crippen LogP contribution in [0.1, 0.15) is 19.5 Å². The molecule has 1 unspecified atom stereocenters. The number of halogens is 1. The van der Waals surface area contributed by atoms with E-state index in [0.29, 0.717) is 18.0 Å². The summed E-state index contributed by atoms with van der Waals surface area (Å²) in [6, 6.07) is 1.77. The Bertz CT molecular complexity index is 545. The minimum atomic E-state index is -0.277. The average molecular weight is 241 g/mol. The zero-order chi connectivity index (χ0) is 11.7. The number of aromatic amines is 1. The summed E-state index contributed by atoms with van der Waals surface area (Å²) in [5.41, 5.74) is 1.14. The van der Waals surface area contributed by atoms with Crippen LogP contribution in [0.15, 0.2) is 17.2 Å². The van der Waals surface area contributed by atoms with E-state index in [0.717, 1.165) is 5.69 Å². The van der Waals surface area contributed by atoms with Crippen molar-refractivity contribution in [1.82, 2.24) is 19.6 Å². The summed E-state index contributed by atoms with van der Waals surface area (Å²) in [6.45, 7) is 4.13. The van der Waals surface area contributed by atoms with E-state index in [1.54, 1.807) is 6.07 Å². The lowest BCUT2D eigenvalue weighted by molar-refractivity contribution is 0.590. The van der Waals surface area contributed by atoms with Crippen molar-refractivity contribution < 1.29 is 0 Å². The van der Waals surface area contributed by atoms with Gasteiger partial charge in [-0.3, -0.25) is 0 Å². The molecular formula is C10H13ClN4O. The van der Waals surface area contributed by atoms with Gasteiger partial charge in [0.05, 0.1) is 0 Å². The van der Waals surface area contributed by atoms with Gasteiger partial charge in [0.25, 0.3) is 0 Å². The van der Waals surface area contributed by atoms with Crippen molar-refractivity contribution in [3.63, 3.8) is 0 Å². The highest BCUT2D eigenvalue weighted by atomic mass is 35.5. The number of hydrogen-bond acceptors (Lipinski definition) is 3. The van der Waals surface area contributed by atoms with Gasteiger partial charge in [0.1, 0.15) is 6.33 Å². The summed E-state index contributed by atoms with van der Waals surface area (Å²) >= 11 is 6.17. The Morgan fingerprint density at radius 3 is 3.00 bits per heavy atom. The van der Waals surface area contributed by atoms with Crippen LogP contribution >= 0.6 is 11.6 Å². The molecule has 6 heteroatoms. The lowest BCUT2D eigenvalue weighted by Crippen LogP contribution is -2.14. The molecule has 0 fully saturated rings. The molecule has 2 aromatic heterocycles. The van der Waals surface area contributed by atoms with E-state index < -0.39 is 0 Å². The fourth-order valence-electron chi connectivity index (χ4n) is 1.40. The van der Waals surface area contributed by atoms with Gasteiger partial charge in [-0.05, 0) is 5.92 Å². The van der Waals surface area contributed by atoms with Crippen LogP contribution in [0.5, 0.6) is 0 Å². The van der Waals surface area contributed by atoms with E-state index in [1.165, 1.54) is 10.7 Å². The SMILES string of the molecule is CC(C)C(Cl)Cc1cc2n[nH]c(=O)n2cn1. The van der Waals surface area contributed by atoms with Crippen molar-refractivity contribution in [2.45, 2.75) is 25.6 Å². The van der Waals surface area contributed by atoms with Gasteiger partial charge in [0, 0.05) is 23.6 Å². The first-order chi connectivity index (χ1) is 7.58. The maximum Gasteiger partial charge on any atom is 0.348 e. The fraction of sp³-hybridized carbons (Fsp3) is 0.500. The Morgan fingerprint density at radius 1 is 1.56 bits per heavy atom. The zero-order valence-electron chi connectivity index (χ0n) is 9.14. The maximum atomic E-state index is 11.2. The number of aromatic nitrogens is 4. The Hall–Kier alpha value is -1.36. The molecule has 0 radical (unpaired) electrons. The summed E-state index contributed by atoms with van der Waals surface area (Å²) in [5.74, 6) is 0.390. The summed E-state index contributed by atoms with van der Waals surface area (Å²) < 4.78 is 1.36. The molecule has 5 nitrogen and oxygen atoms in total. The number of H-pyrrole nitrogens is 1. The fourth-order valence-corrected chi connectivity index (χ4v) is 1.55. The normalized spacial score (nSPS) is 13.5. The summed E-state index contributed by atoms with van der Waals surface area (Å²) in [5, 5.41) is 6.28. The molecule has 0 aliphatic rings. The van der Waals surface area contributed by atoms with E-state index >= 15 is 0 Å². The Labute approximate surface area is 97.5 Å². The highest BCUT2D eigenvalue weighted by molar-refractivity contribution is 6.20. The molecule has 1 atom stereocenters. The quantitative estimate of drug-likeness (QED) is 0.821. The molecule has 0 aromatic carbocycles. The Kier molecular flexibility index (Phi) is 2.96. The number of fused-ring (bicyclic) bond motifs is 1. The van der Waals surface area contributed by atoms with Gasteiger partial charge in [-0.25, -0.2) is 19.3 Å². The third-order valence-corrected chi connectivity index (χ3v) is 3.15. The van der Waals surface area contributed by atoms with Crippen molar-refractivity contribution in [2.75, 3.05) is 0 Å². The maximum absolute atomic E-state index is 11.2. The molecule has 2 aromatic rings. The molecule has 0 aliphatic heterocycles. The highest BCUT2D eigenvalue weighted by Gasteiger charge is 2.12. The Morgan fingerprint density at radius 2 is 2.31 bits per heavy atom. The number of rotatable bonds is 3. The second-order valence-corrected chi connectivity index (χ2v) is 4.66. The molecule has 2 heterocycles. The molecular weight excluding hydrogens is 228 g/mol. The van der Waals surface area contributed by atoms with Crippen LogP contribution in [0, 0.1) is 5.92 Å². The Balaban J connectivity index is 2.29. The third-order valence-electron chi connectivity index (χ3n) is 2.49. The summed E-state index contributed by atoms with van der Waals surface area (Å²) in [6.07, 6.45) is 2.15. The third kappa shape index (κ3) is 2.09. The molecule has 86 valence electrons. The number of nitrogens with zero attached hydrogens (tertiary/aromatic N) is 3. The van der Waals surface area contributed by atoms with Gasteiger partial charge < -0.3 is 0 Å². The number of hydrogen-bond donors (Lipinski definition) is 1. The molecule has 2 rings (SSSR count). The predicted octanol–water partition coefficient (Wildman–Crippen LogP) is 1.22. The number of nitrogens with one attached hydrogen (secondary N) is 1. The van der Waals surface area contributed by atoms with Crippen LogP contribution in [0.4, 0.5) is 0 Å². The van der Waals surface area contributed by atoms with Crippen molar-refractivity contribution in [3.05, 3.63) is 28.6 Å². The van der Waals surface area contributed by atoms with E-state index in [4.69, 9.17) is 11.6 Å². The summed E-state index contributed by atoms with van der Waals surface area (Å²) in [4.78, 5) is 15.4. The van der Waals surface area contributed by atoms with Crippen LogP contribution in [0.25, 0.3) is 5.65 Å². The minimum absolute atomic E-state index is 0.0422. The van der Waals surface area contributed by atoms with Gasteiger partial charge in [-0.2, -0.15) is 5.10 Å². The average Bonchev–Trinajstić information content (AvgIpc) is 2.60. The van der Waals surface area contributed by atoms with Gasteiger partial charge >= 0.3 is 5.69 Å². The highest BCUT2D eigenvalue weighted by Crippen LogP contribution is 2.14. The number of alkyl halides is 1. The second-order valence-electron chi connectivity index (χ2n) is 4.10. The molecule has 0 saturated heterocycles. The van der Waals surface area contributed by atoms with E-state index in [-0.39, 0.29) is 11.1 Å². The van der Waals surface area contributed by atoms with Gasteiger partial charge in [0.2, 0.25) is 0 Å². The van der Waals surface area contributed by atoms with Gasteiger partial charge in [-0.15, -0.1) is 11.6 Å². The van der Waals surface area contributed by atoms with E-state index in [2.05, 4.69) is 29.0 Å². The zero-order valence-corrected chi connectivity index (χ0v) is 9.90. The monoisotopic (exact) mass is 240 g/mol. The molecule has 1 N–H and O–H groups in total. The standard InChI is InChI=1S/C10H13ClN4O/c1-6(2)8(11)3-7-4-9-13-14-10(16)15(9)5-12-7/h4-6,8H,3H2,1-2H3,(H,14,16). The molecule has 0 spiro atoms. The smallest absolute Gasteiger partial charge is 0.246 e. The van der Waals surface area contributed by atoms with Crippen molar-refractivity contribution in [1.29, 1.82) is 0 Å². The van der Waals surface area contributed by atoms with Gasteiger partial charge in [0.15, 0.2) is 5.65 Å². The topological polar surface area (TPSA) is 63.0 Å². The van der Waals surface area contributed by atoms with Crippen molar-refractivity contribution in [3.8, 4) is 0 Å². The predicted molar refractivity (Wildman–Crippen MR) is 61.8 cm³/mol. The molecule has 0 aliphatic carbocycles. The molecule has 0 amide bonds. The lowest BCUT2D eigenvalue weighted by atomic mass is 10.1. The van der Waals surface area contributed by atoms with Gasteiger partial charge in [-0.1, -0.05) is 13.8 Å². The first kappa shape index (κ1) is 11.1. The first-order valence-corrected chi connectivity index (χ1v) is 5.57. The first-order valence-electron chi connectivity index (χ1n) is 5.13. The minimum Gasteiger partial charge on any atom is -0.246 e. The van der Waals surface area contributed by atoms with E-state index in [9.17, 15) is 4.79 Å².